The van der Waals surface area contributed by atoms with Gasteiger partial charge >= 0.3 is 5.97 Å². The fourth-order valence-electron chi connectivity index (χ4n) is 3.25. The van der Waals surface area contributed by atoms with E-state index < -0.39 is 23.9 Å². The van der Waals surface area contributed by atoms with Crippen LogP contribution in [0.5, 0.6) is 5.75 Å². The molecule has 0 fully saturated rings. The molecule has 1 aromatic carbocycles. The number of pyridine rings is 1. The number of hydrogen-bond donors (Lipinski definition) is 2. The van der Waals surface area contributed by atoms with E-state index in [1.807, 2.05) is 6.07 Å². The molecule has 2 aromatic heterocycles. The summed E-state index contributed by atoms with van der Waals surface area (Å²) >= 11 is 0. The molecule has 3 N–H and O–H groups in total. The third-order valence-electron chi connectivity index (χ3n) is 4.58. The van der Waals surface area contributed by atoms with Crippen LogP contribution in [0.1, 0.15) is 62.3 Å². The number of halogens is 1. The Kier molecular flexibility index (Phi) is 6.92. The monoisotopic (exact) mass is 452 g/mol. The summed E-state index contributed by atoms with van der Waals surface area (Å²) in [5.41, 5.74) is 6.69. The van der Waals surface area contributed by atoms with Gasteiger partial charge in [0.1, 0.15) is 46.7 Å². The minimum Gasteiger partial charge on any atom is -0.488 e. The van der Waals surface area contributed by atoms with Gasteiger partial charge in [-0.05, 0) is 52.8 Å². The first-order valence-electron chi connectivity index (χ1n) is 10.4. The van der Waals surface area contributed by atoms with Gasteiger partial charge in [0.05, 0.1) is 23.8 Å². The van der Waals surface area contributed by atoms with E-state index in [0.717, 1.165) is 0 Å². The van der Waals surface area contributed by atoms with E-state index in [-0.39, 0.29) is 40.0 Å². The Morgan fingerprint density at radius 2 is 1.91 bits per heavy atom. The quantitative estimate of drug-likeness (QED) is 0.507. The number of nitrogen functional groups attached to an aromatic ring is 1. The van der Waals surface area contributed by atoms with Gasteiger partial charge < -0.3 is 20.5 Å². The SMILES string of the molecule is CC(C)OC(=O)c1c(OC(C)C)c(C(C)Nc2ncnc(N)c2C#N)nc2ccc(F)cc12. The molecule has 2 heterocycles. The number of benzene rings is 1. The number of nitrogens with two attached hydrogens (primary N) is 1. The van der Waals surface area contributed by atoms with E-state index in [4.69, 9.17) is 15.2 Å². The van der Waals surface area contributed by atoms with Crippen LogP contribution in [0, 0.1) is 17.1 Å². The highest BCUT2D eigenvalue weighted by atomic mass is 19.1. The second-order valence-corrected chi connectivity index (χ2v) is 7.94. The lowest BCUT2D eigenvalue weighted by molar-refractivity contribution is 0.0374. The molecule has 9 nitrogen and oxygen atoms in total. The first-order chi connectivity index (χ1) is 15.6. The Labute approximate surface area is 190 Å². The van der Waals surface area contributed by atoms with Crippen LogP contribution in [0.15, 0.2) is 24.5 Å². The van der Waals surface area contributed by atoms with Crippen molar-refractivity contribution < 1.29 is 18.7 Å². The van der Waals surface area contributed by atoms with Gasteiger partial charge in [-0.15, -0.1) is 0 Å². The third-order valence-corrected chi connectivity index (χ3v) is 4.58. The molecular weight excluding hydrogens is 427 g/mol. The first kappa shape index (κ1) is 23.7. The van der Waals surface area contributed by atoms with Crippen molar-refractivity contribution in [2.45, 2.75) is 52.9 Å². The number of ether oxygens (including phenoxy) is 2. The molecule has 1 atom stereocenters. The van der Waals surface area contributed by atoms with Crippen molar-refractivity contribution in [2.75, 3.05) is 11.1 Å². The molecule has 0 saturated carbocycles. The molecule has 0 amide bonds. The van der Waals surface area contributed by atoms with Crippen molar-refractivity contribution in [1.82, 2.24) is 15.0 Å². The van der Waals surface area contributed by atoms with Gasteiger partial charge in [0.2, 0.25) is 0 Å². The number of rotatable bonds is 7. The van der Waals surface area contributed by atoms with Crippen molar-refractivity contribution in [1.29, 1.82) is 5.26 Å². The Hall–Kier alpha value is -4.00. The number of nitriles is 1. The summed E-state index contributed by atoms with van der Waals surface area (Å²) in [6.07, 6.45) is 0.514. The lowest BCUT2D eigenvalue weighted by Crippen LogP contribution is -2.20. The second-order valence-electron chi connectivity index (χ2n) is 7.94. The Morgan fingerprint density at radius 1 is 1.18 bits per heavy atom. The van der Waals surface area contributed by atoms with Crippen LogP contribution in [0.3, 0.4) is 0 Å². The molecular formula is C23H25FN6O3. The van der Waals surface area contributed by atoms with Gasteiger partial charge in [-0.1, -0.05) is 0 Å². The topological polar surface area (TPSA) is 136 Å². The predicted molar refractivity (Wildman–Crippen MR) is 121 cm³/mol. The maximum atomic E-state index is 14.1. The second kappa shape index (κ2) is 9.65. The number of carbonyl (C=O) groups excluding carboxylic acids is 1. The molecule has 172 valence electrons. The summed E-state index contributed by atoms with van der Waals surface area (Å²) in [6.45, 7) is 8.81. The molecule has 1 unspecified atom stereocenters. The summed E-state index contributed by atoms with van der Waals surface area (Å²) < 4.78 is 25.6. The lowest BCUT2D eigenvalue weighted by atomic mass is 10.0. The van der Waals surface area contributed by atoms with Gasteiger partial charge in [0.25, 0.3) is 0 Å². The molecule has 33 heavy (non-hydrogen) atoms. The highest BCUT2D eigenvalue weighted by Gasteiger charge is 2.28. The number of esters is 1. The van der Waals surface area contributed by atoms with E-state index >= 15 is 0 Å². The summed E-state index contributed by atoms with van der Waals surface area (Å²) in [6, 6.07) is 5.36. The van der Waals surface area contributed by atoms with Crippen LogP contribution in [-0.4, -0.2) is 33.1 Å². The van der Waals surface area contributed by atoms with Crippen LogP contribution in [0.25, 0.3) is 10.9 Å². The van der Waals surface area contributed by atoms with Crippen molar-refractivity contribution in [3.05, 3.63) is 47.2 Å². The van der Waals surface area contributed by atoms with Crippen molar-refractivity contribution in [3.63, 3.8) is 0 Å². The molecule has 0 bridgehead atoms. The zero-order chi connectivity index (χ0) is 24.3. The highest BCUT2D eigenvalue weighted by Crippen LogP contribution is 2.36. The number of fused-ring (bicyclic) bond motifs is 1. The summed E-state index contributed by atoms with van der Waals surface area (Å²) in [5, 5.41) is 12.8. The summed E-state index contributed by atoms with van der Waals surface area (Å²) in [7, 11) is 0. The molecule has 0 spiro atoms. The number of nitrogens with zero attached hydrogens (tertiary/aromatic N) is 4. The first-order valence-corrected chi connectivity index (χ1v) is 10.4. The minimum atomic E-state index is -0.656. The molecule has 0 aliphatic carbocycles. The van der Waals surface area contributed by atoms with Crippen LogP contribution < -0.4 is 15.8 Å². The Bertz CT molecular complexity index is 1240. The zero-order valence-corrected chi connectivity index (χ0v) is 19.0. The standard InChI is InChI=1S/C23H25FN6O3/c1-11(2)32-20-18(23(31)33-12(3)4)15-8-14(24)6-7-17(15)30-19(20)13(5)29-22-16(9-25)21(26)27-10-28-22/h6-8,10-13H,1-5H3,(H3,26,27,28,29). The van der Waals surface area contributed by atoms with Crippen molar-refractivity contribution in [3.8, 4) is 11.8 Å². The largest absolute Gasteiger partial charge is 0.488 e. The van der Waals surface area contributed by atoms with E-state index in [0.29, 0.717) is 11.2 Å². The maximum absolute atomic E-state index is 14.1. The van der Waals surface area contributed by atoms with Gasteiger partial charge in [-0.25, -0.2) is 24.1 Å². The van der Waals surface area contributed by atoms with Gasteiger partial charge in [-0.3, -0.25) is 0 Å². The molecule has 3 rings (SSSR count). The minimum absolute atomic E-state index is 0.0315. The van der Waals surface area contributed by atoms with Crippen LogP contribution in [0.2, 0.25) is 0 Å². The number of anilines is 2. The summed E-state index contributed by atoms with van der Waals surface area (Å²) in [4.78, 5) is 25.7. The number of carbonyl (C=O) groups is 1. The number of hydrogen-bond acceptors (Lipinski definition) is 9. The molecule has 0 aliphatic rings. The number of nitrogens with one attached hydrogen (secondary N) is 1. The summed E-state index contributed by atoms with van der Waals surface area (Å²) in [5.74, 6) is -0.776. The normalized spacial score (nSPS) is 12.0. The molecule has 3 aromatic rings. The lowest BCUT2D eigenvalue weighted by Gasteiger charge is -2.23. The van der Waals surface area contributed by atoms with Crippen LogP contribution in [0.4, 0.5) is 16.0 Å². The smallest absolute Gasteiger partial charge is 0.342 e. The van der Waals surface area contributed by atoms with E-state index in [9.17, 15) is 14.4 Å². The van der Waals surface area contributed by atoms with Crippen LogP contribution >= 0.6 is 0 Å². The maximum Gasteiger partial charge on any atom is 0.342 e. The van der Waals surface area contributed by atoms with Crippen molar-refractivity contribution >= 4 is 28.5 Å². The highest BCUT2D eigenvalue weighted by molar-refractivity contribution is 6.06. The van der Waals surface area contributed by atoms with Gasteiger partial charge in [0.15, 0.2) is 5.75 Å². The fourth-order valence-corrected chi connectivity index (χ4v) is 3.25. The van der Waals surface area contributed by atoms with E-state index in [1.54, 1.807) is 34.6 Å². The Morgan fingerprint density at radius 3 is 2.55 bits per heavy atom. The average molecular weight is 452 g/mol. The van der Waals surface area contributed by atoms with Gasteiger partial charge in [-0.2, -0.15) is 5.26 Å². The van der Waals surface area contributed by atoms with Gasteiger partial charge in [0, 0.05) is 5.39 Å². The van der Waals surface area contributed by atoms with E-state index in [1.165, 1.54) is 24.5 Å². The molecule has 10 heteroatoms. The average Bonchev–Trinajstić information content (AvgIpc) is 2.72. The Balaban J connectivity index is 2.24. The zero-order valence-electron chi connectivity index (χ0n) is 19.0. The molecule has 0 radical (unpaired) electrons. The third kappa shape index (κ3) is 5.09. The molecule has 0 aliphatic heterocycles. The number of aromatic nitrogens is 3. The fraction of sp³-hybridized carbons (Fsp3) is 0.348. The molecule has 0 saturated heterocycles. The van der Waals surface area contributed by atoms with Crippen molar-refractivity contribution in [2.24, 2.45) is 0 Å². The van der Waals surface area contributed by atoms with Crippen LogP contribution in [-0.2, 0) is 4.74 Å². The van der Waals surface area contributed by atoms with E-state index in [2.05, 4.69) is 20.3 Å². The predicted octanol–water partition coefficient (Wildman–Crippen LogP) is 4.14.